The van der Waals surface area contributed by atoms with Crippen LogP contribution in [0.25, 0.3) is 0 Å². The second-order valence-corrected chi connectivity index (χ2v) is 4.77. The van der Waals surface area contributed by atoms with E-state index in [-0.39, 0.29) is 6.54 Å². The van der Waals surface area contributed by atoms with Crippen molar-refractivity contribution >= 4 is 23.2 Å². The number of nitrogens with two attached hydrogens (primary N) is 1. The number of hydrogen-bond acceptors (Lipinski definition) is 3. The molecule has 0 aliphatic carbocycles. The summed E-state index contributed by atoms with van der Waals surface area (Å²) in [5, 5.41) is 13.7. The van der Waals surface area contributed by atoms with Gasteiger partial charge in [-0.25, -0.2) is 0 Å². The molecule has 5 heteroatoms. The second kappa shape index (κ2) is 6.41. The summed E-state index contributed by atoms with van der Waals surface area (Å²) < 4.78 is 0. The standard InChI is InChI=1S/C15H15ClN2O2/c16-13-7-2-1-6-12(13)14(19)9-18-11-5-3-4-10(8-11)15(17)20/h1-8,14,18-19H,9H2,(H2,17,20). The van der Waals surface area contributed by atoms with Crippen LogP contribution in [0.4, 0.5) is 5.69 Å². The number of carbonyl (C=O) groups excluding carboxylic acids is 1. The Morgan fingerprint density at radius 3 is 2.70 bits per heavy atom. The molecule has 0 radical (unpaired) electrons. The Hall–Kier alpha value is -2.04. The number of amides is 1. The van der Waals surface area contributed by atoms with Gasteiger partial charge in [-0.05, 0) is 24.3 Å². The van der Waals surface area contributed by atoms with Gasteiger partial charge in [0.05, 0.1) is 6.10 Å². The number of anilines is 1. The molecule has 4 N–H and O–H groups in total. The summed E-state index contributed by atoms with van der Waals surface area (Å²) in [6, 6.07) is 13.9. The van der Waals surface area contributed by atoms with Crippen LogP contribution in [0.15, 0.2) is 48.5 Å². The third-order valence-corrected chi connectivity index (χ3v) is 3.26. The molecule has 0 saturated heterocycles. The van der Waals surface area contributed by atoms with Gasteiger partial charge in [-0.3, -0.25) is 4.79 Å². The summed E-state index contributed by atoms with van der Waals surface area (Å²) in [5.74, 6) is -0.486. The zero-order valence-corrected chi connectivity index (χ0v) is 11.5. The topological polar surface area (TPSA) is 75.4 Å². The first-order valence-electron chi connectivity index (χ1n) is 6.14. The van der Waals surface area contributed by atoms with Crippen molar-refractivity contribution in [2.75, 3.05) is 11.9 Å². The Kier molecular flexibility index (Phi) is 4.61. The SMILES string of the molecule is NC(=O)c1cccc(NCC(O)c2ccccc2Cl)c1. The molecular formula is C15H15ClN2O2. The second-order valence-electron chi connectivity index (χ2n) is 4.36. The number of primary amides is 1. The van der Waals surface area contributed by atoms with E-state index >= 15 is 0 Å². The van der Waals surface area contributed by atoms with E-state index in [4.69, 9.17) is 17.3 Å². The molecule has 2 rings (SSSR count). The highest BCUT2D eigenvalue weighted by atomic mass is 35.5. The molecule has 104 valence electrons. The highest BCUT2D eigenvalue weighted by molar-refractivity contribution is 6.31. The van der Waals surface area contributed by atoms with Crippen molar-refractivity contribution in [1.29, 1.82) is 0 Å². The number of halogens is 1. The van der Waals surface area contributed by atoms with E-state index in [0.29, 0.717) is 21.8 Å². The fraction of sp³-hybridized carbons (Fsp3) is 0.133. The van der Waals surface area contributed by atoms with Crippen LogP contribution in [0.5, 0.6) is 0 Å². The van der Waals surface area contributed by atoms with E-state index in [1.165, 1.54) is 0 Å². The van der Waals surface area contributed by atoms with E-state index in [1.807, 2.05) is 12.1 Å². The van der Waals surface area contributed by atoms with Crippen molar-refractivity contribution in [2.24, 2.45) is 5.73 Å². The quantitative estimate of drug-likeness (QED) is 0.792. The van der Waals surface area contributed by atoms with Gasteiger partial charge in [-0.2, -0.15) is 0 Å². The number of hydrogen-bond donors (Lipinski definition) is 3. The largest absolute Gasteiger partial charge is 0.387 e. The van der Waals surface area contributed by atoms with Crippen molar-refractivity contribution in [3.8, 4) is 0 Å². The fourth-order valence-electron chi connectivity index (χ4n) is 1.85. The Bertz CT molecular complexity index is 616. The summed E-state index contributed by atoms with van der Waals surface area (Å²) in [6.07, 6.45) is -0.735. The van der Waals surface area contributed by atoms with E-state index in [2.05, 4.69) is 5.32 Å². The molecule has 20 heavy (non-hydrogen) atoms. The summed E-state index contributed by atoms with van der Waals surface area (Å²) >= 11 is 6.02. The molecule has 2 aromatic rings. The number of benzene rings is 2. The number of rotatable bonds is 5. The third kappa shape index (κ3) is 3.50. The van der Waals surface area contributed by atoms with Gasteiger partial charge in [0.1, 0.15) is 0 Å². The third-order valence-electron chi connectivity index (χ3n) is 2.91. The highest BCUT2D eigenvalue weighted by Crippen LogP contribution is 2.23. The lowest BCUT2D eigenvalue weighted by atomic mass is 10.1. The van der Waals surface area contributed by atoms with Crippen LogP contribution in [0.3, 0.4) is 0 Å². The minimum Gasteiger partial charge on any atom is -0.387 e. The summed E-state index contributed by atoms with van der Waals surface area (Å²) in [4.78, 5) is 11.1. The van der Waals surface area contributed by atoms with Crippen molar-refractivity contribution in [2.45, 2.75) is 6.10 Å². The molecule has 1 amide bonds. The van der Waals surface area contributed by atoms with Gasteiger partial charge in [0.2, 0.25) is 5.91 Å². The smallest absolute Gasteiger partial charge is 0.248 e. The van der Waals surface area contributed by atoms with Gasteiger partial charge < -0.3 is 16.2 Å². The minimum atomic E-state index is -0.735. The summed E-state index contributed by atoms with van der Waals surface area (Å²) in [6.45, 7) is 0.284. The Labute approximate surface area is 122 Å². The maximum absolute atomic E-state index is 11.1. The maximum Gasteiger partial charge on any atom is 0.248 e. The van der Waals surface area contributed by atoms with Crippen LogP contribution < -0.4 is 11.1 Å². The van der Waals surface area contributed by atoms with Gasteiger partial charge in [0.25, 0.3) is 0 Å². The van der Waals surface area contributed by atoms with Gasteiger partial charge >= 0.3 is 0 Å². The molecule has 1 atom stereocenters. The summed E-state index contributed by atoms with van der Waals surface area (Å²) in [5.41, 5.74) is 7.01. The van der Waals surface area contributed by atoms with Gasteiger partial charge in [0, 0.05) is 28.4 Å². The van der Waals surface area contributed by atoms with Crippen LogP contribution >= 0.6 is 11.6 Å². The lowest BCUT2D eigenvalue weighted by Crippen LogP contribution is -2.14. The van der Waals surface area contributed by atoms with Crippen molar-refractivity contribution in [3.05, 3.63) is 64.7 Å². The van der Waals surface area contributed by atoms with Crippen LogP contribution in [0, 0.1) is 0 Å². The highest BCUT2D eigenvalue weighted by Gasteiger charge is 2.11. The number of aliphatic hydroxyl groups is 1. The molecule has 4 nitrogen and oxygen atoms in total. The van der Waals surface area contributed by atoms with Gasteiger partial charge in [-0.15, -0.1) is 0 Å². The average Bonchev–Trinajstić information content (AvgIpc) is 2.45. The van der Waals surface area contributed by atoms with E-state index in [9.17, 15) is 9.90 Å². The fourth-order valence-corrected chi connectivity index (χ4v) is 2.11. The molecular weight excluding hydrogens is 276 g/mol. The van der Waals surface area contributed by atoms with Gasteiger partial charge in [-0.1, -0.05) is 35.9 Å². The van der Waals surface area contributed by atoms with E-state index in [0.717, 1.165) is 0 Å². The molecule has 0 bridgehead atoms. The molecule has 0 aromatic heterocycles. The first kappa shape index (κ1) is 14.4. The minimum absolute atomic E-state index is 0.284. The number of aliphatic hydroxyl groups excluding tert-OH is 1. The van der Waals surface area contributed by atoms with Crippen molar-refractivity contribution in [1.82, 2.24) is 0 Å². The Morgan fingerprint density at radius 2 is 2.00 bits per heavy atom. The monoisotopic (exact) mass is 290 g/mol. The van der Waals surface area contributed by atoms with Crippen molar-refractivity contribution in [3.63, 3.8) is 0 Å². The lowest BCUT2D eigenvalue weighted by molar-refractivity contribution is 0.100. The molecule has 0 saturated carbocycles. The van der Waals surface area contributed by atoms with Gasteiger partial charge in [0.15, 0.2) is 0 Å². The first-order chi connectivity index (χ1) is 9.58. The average molecular weight is 291 g/mol. The van der Waals surface area contributed by atoms with E-state index in [1.54, 1.807) is 36.4 Å². The maximum atomic E-state index is 11.1. The molecule has 0 aliphatic heterocycles. The molecule has 0 spiro atoms. The first-order valence-corrected chi connectivity index (χ1v) is 6.52. The van der Waals surface area contributed by atoms with Crippen LogP contribution in [0.1, 0.15) is 22.0 Å². The number of nitrogens with one attached hydrogen (secondary N) is 1. The molecule has 0 aliphatic rings. The van der Waals surface area contributed by atoms with E-state index < -0.39 is 12.0 Å². The number of carbonyl (C=O) groups is 1. The van der Waals surface area contributed by atoms with Crippen molar-refractivity contribution < 1.29 is 9.90 Å². The molecule has 0 fully saturated rings. The lowest BCUT2D eigenvalue weighted by Gasteiger charge is -2.14. The predicted octanol–water partition coefficient (Wildman–Crippen LogP) is 2.58. The molecule has 0 heterocycles. The zero-order valence-electron chi connectivity index (χ0n) is 10.7. The zero-order chi connectivity index (χ0) is 14.5. The Morgan fingerprint density at radius 1 is 1.25 bits per heavy atom. The van der Waals surface area contributed by atoms with Crippen LogP contribution in [0.2, 0.25) is 5.02 Å². The summed E-state index contributed by atoms with van der Waals surface area (Å²) in [7, 11) is 0. The molecule has 1 unspecified atom stereocenters. The molecule has 2 aromatic carbocycles. The van der Waals surface area contributed by atoms with Crippen LogP contribution in [-0.4, -0.2) is 17.6 Å². The normalized spacial score (nSPS) is 11.9. The Balaban J connectivity index is 2.04. The van der Waals surface area contributed by atoms with Crippen LogP contribution in [-0.2, 0) is 0 Å². The predicted molar refractivity (Wildman–Crippen MR) is 79.9 cm³/mol.